The van der Waals surface area contributed by atoms with Gasteiger partial charge in [0.25, 0.3) is 0 Å². The van der Waals surface area contributed by atoms with Gasteiger partial charge < -0.3 is 26.4 Å². The Morgan fingerprint density at radius 3 is 2.07 bits per heavy atom. The van der Waals surface area contributed by atoms with Crippen LogP contribution in [0.4, 0.5) is 0 Å². The van der Waals surface area contributed by atoms with Crippen molar-refractivity contribution in [3.8, 4) is 0 Å². The number of rotatable bonds is 25. The van der Waals surface area contributed by atoms with Gasteiger partial charge in [-0.2, -0.15) is 0 Å². The molecule has 4 unspecified atom stereocenters. The van der Waals surface area contributed by atoms with Gasteiger partial charge in [0, 0.05) is 30.4 Å². The molecule has 0 radical (unpaired) electrons. The van der Waals surface area contributed by atoms with Crippen LogP contribution in [-0.2, 0) is 16.1 Å². The van der Waals surface area contributed by atoms with Crippen LogP contribution >= 0.6 is 0 Å². The highest BCUT2D eigenvalue weighted by atomic mass is 16.3. The highest BCUT2D eigenvalue weighted by Crippen LogP contribution is 2.21. The van der Waals surface area contributed by atoms with E-state index >= 15 is 0 Å². The second-order valence-electron chi connectivity index (χ2n) is 13.8. The first-order valence-electron chi connectivity index (χ1n) is 17.5. The number of amides is 2. The summed E-state index contributed by atoms with van der Waals surface area (Å²) in [7, 11) is 0. The molecule has 0 aromatic heterocycles. The lowest BCUT2D eigenvalue weighted by Crippen LogP contribution is -2.47. The van der Waals surface area contributed by atoms with Crippen molar-refractivity contribution < 1.29 is 14.7 Å². The predicted molar refractivity (Wildman–Crippen MR) is 189 cm³/mol. The fourth-order valence-corrected chi connectivity index (χ4v) is 5.29. The predicted octanol–water partition coefficient (Wildman–Crippen LogP) is 7.23. The van der Waals surface area contributed by atoms with Crippen molar-refractivity contribution in [1.82, 2.24) is 21.3 Å². The standard InChI is InChI=1S/C38H66N4O3/c1-10-11-12-13-17-24-39-31(8)25-30(7)37(44)42-34(22-20-27(2)3)35(43)23-21-29(6)32(9)41-36(28(4)5)38(45)40-26-33-18-15-14-16-19-33/h14-16,18-19,27-30,34-36,39,41,43H,8-13,17,20-26H2,1-7H3,(H,40,45)(H,42,44)/t29?,30?,34-,35?,36?/m0/s1. The zero-order valence-electron chi connectivity index (χ0n) is 29.6. The molecular formula is C38H66N4O3. The lowest BCUT2D eigenvalue weighted by molar-refractivity contribution is -0.126. The van der Waals surface area contributed by atoms with Gasteiger partial charge in [0.1, 0.15) is 6.04 Å². The summed E-state index contributed by atoms with van der Waals surface area (Å²) in [6, 6.07) is 9.15. The quantitative estimate of drug-likeness (QED) is 0.0737. The number of nitrogens with one attached hydrogen (secondary N) is 4. The number of carbonyl (C=O) groups excluding carboxylic acids is 2. The van der Waals surface area contributed by atoms with Crippen LogP contribution in [0.25, 0.3) is 0 Å². The Labute approximate surface area is 275 Å². The van der Waals surface area contributed by atoms with Gasteiger partial charge in [-0.25, -0.2) is 0 Å². The third-order valence-electron chi connectivity index (χ3n) is 8.59. The number of unbranched alkanes of at least 4 members (excludes halogenated alkanes) is 4. The number of allylic oxidation sites excluding steroid dienone is 2. The number of carbonyl (C=O) groups is 2. The zero-order valence-corrected chi connectivity index (χ0v) is 29.6. The number of hydrogen-bond acceptors (Lipinski definition) is 5. The van der Waals surface area contributed by atoms with Gasteiger partial charge in [-0.1, -0.05) is 118 Å². The molecule has 0 aliphatic rings. The van der Waals surface area contributed by atoms with E-state index in [4.69, 9.17) is 0 Å². The van der Waals surface area contributed by atoms with Crippen LogP contribution in [0, 0.1) is 23.7 Å². The molecule has 5 atom stereocenters. The summed E-state index contributed by atoms with van der Waals surface area (Å²) < 4.78 is 0. The van der Waals surface area contributed by atoms with E-state index in [0.717, 1.165) is 42.8 Å². The third-order valence-corrected chi connectivity index (χ3v) is 8.59. The molecule has 0 aliphatic carbocycles. The summed E-state index contributed by atoms with van der Waals surface area (Å²) in [5, 5.41) is 24.2. The van der Waals surface area contributed by atoms with Crippen molar-refractivity contribution in [1.29, 1.82) is 0 Å². The van der Waals surface area contributed by atoms with Crippen LogP contribution in [0.5, 0.6) is 0 Å². The molecule has 7 heteroatoms. The molecule has 45 heavy (non-hydrogen) atoms. The normalized spacial score (nSPS) is 14.7. The van der Waals surface area contributed by atoms with E-state index in [9.17, 15) is 14.7 Å². The van der Waals surface area contributed by atoms with Crippen molar-refractivity contribution in [3.05, 3.63) is 60.4 Å². The van der Waals surface area contributed by atoms with Crippen molar-refractivity contribution in [3.63, 3.8) is 0 Å². The molecule has 5 N–H and O–H groups in total. The molecule has 0 saturated carbocycles. The molecule has 0 bridgehead atoms. The minimum absolute atomic E-state index is 0.0413. The maximum atomic E-state index is 13.2. The van der Waals surface area contributed by atoms with Crippen LogP contribution in [0.2, 0.25) is 0 Å². The lowest BCUT2D eigenvalue weighted by atomic mass is 9.92. The summed E-state index contributed by atoms with van der Waals surface area (Å²) in [5.41, 5.74) is 2.72. The molecule has 1 aromatic carbocycles. The zero-order chi connectivity index (χ0) is 33.8. The monoisotopic (exact) mass is 627 g/mol. The van der Waals surface area contributed by atoms with Crippen molar-refractivity contribution in [2.75, 3.05) is 6.54 Å². The molecule has 7 nitrogen and oxygen atoms in total. The van der Waals surface area contributed by atoms with Gasteiger partial charge >= 0.3 is 0 Å². The van der Waals surface area contributed by atoms with Gasteiger partial charge in [0.15, 0.2) is 0 Å². The number of aliphatic hydroxyl groups excluding tert-OH is 1. The second kappa shape index (κ2) is 22.7. The minimum Gasteiger partial charge on any atom is -0.391 e. The van der Waals surface area contributed by atoms with E-state index < -0.39 is 12.1 Å². The summed E-state index contributed by atoms with van der Waals surface area (Å²) in [6.07, 6.45) is 8.86. The Bertz CT molecular complexity index is 994. The average molecular weight is 627 g/mol. The molecule has 0 spiro atoms. The summed E-state index contributed by atoms with van der Waals surface area (Å²) in [6.45, 7) is 24.3. The SMILES string of the molecule is C=C(CC(C)C(=O)N[C@@H](CCC(C)C)C(O)CCC(C)C(=C)NC(C(=O)NCc1ccccc1)C(C)C)NCCCCCCC. The molecule has 0 saturated heterocycles. The fourth-order valence-electron chi connectivity index (χ4n) is 5.29. The first-order chi connectivity index (χ1) is 21.3. The van der Waals surface area contributed by atoms with Gasteiger partial charge in [-0.05, 0) is 61.8 Å². The first-order valence-corrected chi connectivity index (χ1v) is 17.5. The second-order valence-corrected chi connectivity index (χ2v) is 13.8. The fraction of sp³-hybridized carbons (Fsp3) is 0.684. The molecule has 2 amide bonds. The van der Waals surface area contributed by atoms with Crippen LogP contribution in [0.1, 0.15) is 118 Å². The van der Waals surface area contributed by atoms with Crippen LogP contribution in [-0.4, -0.2) is 41.7 Å². The molecule has 1 aromatic rings. The smallest absolute Gasteiger partial charge is 0.243 e. The van der Waals surface area contributed by atoms with Crippen molar-refractivity contribution >= 4 is 11.8 Å². The van der Waals surface area contributed by atoms with Crippen LogP contribution < -0.4 is 21.3 Å². The van der Waals surface area contributed by atoms with Gasteiger partial charge in [-0.15, -0.1) is 0 Å². The van der Waals surface area contributed by atoms with Crippen molar-refractivity contribution in [2.45, 2.75) is 137 Å². The topological polar surface area (TPSA) is 102 Å². The summed E-state index contributed by atoms with van der Waals surface area (Å²) in [4.78, 5) is 26.2. The first kappa shape index (κ1) is 40.2. The van der Waals surface area contributed by atoms with Crippen molar-refractivity contribution in [2.24, 2.45) is 23.7 Å². The van der Waals surface area contributed by atoms with E-state index in [1.807, 2.05) is 51.1 Å². The third kappa shape index (κ3) is 17.5. The van der Waals surface area contributed by atoms with E-state index in [1.165, 1.54) is 25.7 Å². The van der Waals surface area contributed by atoms with E-state index in [1.54, 1.807) is 0 Å². The molecule has 1 rings (SSSR count). The minimum atomic E-state index is -0.672. The Morgan fingerprint density at radius 1 is 0.778 bits per heavy atom. The highest BCUT2D eigenvalue weighted by Gasteiger charge is 2.27. The van der Waals surface area contributed by atoms with Crippen LogP contribution in [0.15, 0.2) is 54.9 Å². The maximum Gasteiger partial charge on any atom is 0.243 e. The number of hydrogen-bond donors (Lipinski definition) is 5. The molecule has 0 fully saturated rings. The van der Waals surface area contributed by atoms with Gasteiger partial charge in [0.05, 0.1) is 12.1 Å². The highest BCUT2D eigenvalue weighted by molar-refractivity contribution is 5.82. The number of benzene rings is 1. The molecule has 256 valence electrons. The Kier molecular flexibility index (Phi) is 20.3. The Hall–Kier alpha value is -2.80. The lowest BCUT2D eigenvalue weighted by Gasteiger charge is -2.29. The van der Waals surface area contributed by atoms with E-state index in [2.05, 4.69) is 62.1 Å². The van der Waals surface area contributed by atoms with E-state index in [0.29, 0.717) is 31.7 Å². The Morgan fingerprint density at radius 2 is 1.44 bits per heavy atom. The molecule has 0 aliphatic heterocycles. The van der Waals surface area contributed by atoms with Gasteiger partial charge in [-0.3, -0.25) is 9.59 Å². The summed E-state index contributed by atoms with van der Waals surface area (Å²) in [5.74, 6) is 0.248. The van der Waals surface area contributed by atoms with Crippen LogP contribution in [0.3, 0.4) is 0 Å². The maximum absolute atomic E-state index is 13.2. The Balaban J connectivity index is 2.64. The average Bonchev–Trinajstić information content (AvgIpc) is 3.00. The molecular weight excluding hydrogens is 560 g/mol. The summed E-state index contributed by atoms with van der Waals surface area (Å²) >= 11 is 0. The largest absolute Gasteiger partial charge is 0.391 e. The number of aliphatic hydroxyl groups is 1. The van der Waals surface area contributed by atoms with Gasteiger partial charge in [0.2, 0.25) is 11.8 Å². The van der Waals surface area contributed by atoms with E-state index in [-0.39, 0.29) is 35.6 Å². The molecule has 0 heterocycles.